The van der Waals surface area contributed by atoms with Gasteiger partial charge in [0.25, 0.3) is 0 Å². The fourth-order valence-corrected chi connectivity index (χ4v) is 3.00. The third-order valence-corrected chi connectivity index (χ3v) is 4.35. The van der Waals surface area contributed by atoms with Crippen LogP contribution < -0.4 is 16.1 Å². The number of rotatable bonds is 5. The molecule has 0 bridgehead atoms. The zero-order valence-corrected chi connectivity index (χ0v) is 14.2. The van der Waals surface area contributed by atoms with Crippen LogP contribution in [0.4, 0.5) is 10.5 Å². The number of nitrogens with one attached hydrogen (secondary N) is 3. The number of fused-ring (bicyclic) bond motifs is 1. The van der Waals surface area contributed by atoms with Crippen LogP contribution in [0.1, 0.15) is 24.8 Å². The summed E-state index contributed by atoms with van der Waals surface area (Å²) in [4.78, 5) is 40.8. The Morgan fingerprint density at radius 3 is 2.92 bits per heavy atom. The SMILES string of the molecule is Cc1ccc2[nH]cc(NC(=O)NCCCN3CCCC3=O)c(=O)c2c1. The summed E-state index contributed by atoms with van der Waals surface area (Å²) in [6, 6.07) is 5.13. The molecule has 1 fully saturated rings. The summed E-state index contributed by atoms with van der Waals surface area (Å²) < 4.78 is 0. The Kier molecular flexibility index (Phi) is 5.02. The van der Waals surface area contributed by atoms with E-state index >= 15 is 0 Å². The molecular weight excluding hydrogens is 320 g/mol. The van der Waals surface area contributed by atoms with E-state index < -0.39 is 6.03 Å². The van der Waals surface area contributed by atoms with E-state index in [0.717, 1.165) is 24.0 Å². The number of amides is 3. The molecule has 0 spiro atoms. The highest BCUT2D eigenvalue weighted by atomic mass is 16.2. The molecule has 0 unspecified atom stereocenters. The number of anilines is 1. The molecule has 1 aliphatic heterocycles. The number of H-pyrrole nitrogens is 1. The van der Waals surface area contributed by atoms with Gasteiger partial charge < -0.3 is 20.5 Å². The van der Waals surface area contributed by atoms with Crippen molar-refractivity contribution in [3.8, 4) is 0 Å². The number of hydrogen-bond donors (Lipinski definition) is 3. The molecule has 1 saturated heterocycles. The summed E-state index contributed by atoms with van der Waals surface area (Å²) in [5.41, 5.74) is 1.72. The predicted molar refractivity (Wildman–Crippen MR) is 96.8 cm³/mol. The summed E-state index contributed by atoms with van der Waals surface area (Å²) >= 11 is 0. The van der Waals surface area contributed by atoms with E-state index in [9.17, 15) is 14.4 Å². The van der Waals surface area contributed by atoms with Crippen molar-refractivity contribution in [3.63, 3.8) is 0 Å². The van der Waals surface area contributed by atoms with Gasteiger partial charge in [-0.15, -0.1) is 0 Å². The van der Waals surface area contributed by atoms with Crippen molar-refractivity contribution in [3.05, 3.63) is 40.2 Å². The molecule has 7 heteroatoms. The lowest BCUT2D eigenvalue weighted by Crippen LogP contribution is -2.34. The van der Waals surface area contributed by atoms with Crippen molar-refractivity contribution in [1.82, 2.24) is 15.2 Å². The monoisotopic (exact) mass is 342 g/mol. The average Bonchev–Trinajstić information content (AvgIpc) is 3.00. The van der Waals surface area contributed by atoms with Crippen LogP contribution >= 0.6 is 0 Å². The van der Waals surface area contributed by atoms with Crippen LogP contribution in [-0.4, -0.2) is 41.5 Å². The number of aromatic amines is 1. The second-order valence-electron chi connectivity index (χ2n) is 6.30. The Labute approximate surface area is 145 Å². The minimum atomic E-state index is -0.426. The van der Waals surface area contributed by atoms with Gasteiger partial charge in [-0.2, -0.15) is 0 Å². The molecule has 0 saturated carbocycles. The smallest absolute Gasteiger partial charge is 0.319 e. The molecule has 1 aliphatic rings. The highest BCUT2D eigenvalue weighted by Gasteiger charge is 2.19. The Bertz CT molecular complexity index is 859. The first kappa shape index (κ1) is 17.0. The average molecular weight is 342 g/mol. The first-order valence-electron chi connectivity index (χ1n) is 8.49. The predicted octanol–water partition coefficient (Wildman–Crippen LogP) is 1.97. The van der Waals surface area contributed by atoms with Gasteiger partial charge in [0.1, 0.15) is 5.69 Å². The molecule has 3 rings (SSSR count). The van der Waals surface area contributed by atoms with Crippen LogP contribution in [0.15, 0.2) is 29.2 Å². The molecule has 0 aliphatic carbocycles. The van der Waals surface area contributed by atoms with E-state index in [4.69, 9.17) is 0 Å². The number of nitrogens with zero attached hydrogens (tertiary/aromatic N) is 1. The number of hydrogen-bond acceptors (Lipinski definition) is 3. The van der Waals surface area contributed by atoms with Gasteiger partial charge in [0, 0.05) is 43.2 Å². The van der Waals surface area contributed by atoms with Crippen LogP contribution in [0.5, 0.6) is 0 Å². The Hall–Kier alpha value is -2.83. The summed E-state index contributed by atoms with van der Waals surface area (Å²) in [6.07, 6.45) is 3.73. The topological polar surface area (TPSA) is 94.3 Å². The van der Waals surface area contributed by atoms with Crippen molar-refractivity contribution < 1.29 is 9.59 Å². The highest BCUT2D eigenvalue weighted by molar-refractivity contribution is 5.92. The molecule has 132 valence electrons. The maximum atomic E-state index is 12.4. The summed E-state index contributed by atoms with van der Waals surface area (Å²) in [7, 11) is 0. The molecule has 2 aromatic rings. The summed E-state index contributed by atoms with van der Waals surface area (Å²) in [5.74, 6) is 0.183. The second-order valence-corrected chi connectivity index (χ2v) is 6.30. The Morgan fingerprint density at radius 2 is 2.16 bits per heavy atom. The number of carbonyl (C=O) groups is 2. The first-order chi connectivity index (χ1) is 12.0. The normalized spacial score (nSPS) is 14.1. The lowest BCUT2D eigenvalue weighted by molar-refractivity contribution is -0.127. The maximum Gasteiger partial charge on any atom is 0.319 e. The molecule has 25 heavy (non-hydrogen) atoms. The lowest BCUT2D eigenvalue weighted by atomic mass is 10.1. The van der Waals surface area contributed by atoms with Crippen LogP contribution in [-0.2, 0) is 4.79 Å². The van der Waals surface area contributed by atoms with Gasteiger partial charge in [0.2, 0.25) is 11.3 Å². The fraction of sp³-hybridized carbons (Fsp3) is 0.389. The lowest BCUT2D eigenvalue weighted by Gasteiger charge is -2.15. The van der Waals surface area contributed by atoms with Gasteiger partial charge in [-0.25, -0.2) is 4.79 Å². The van der Waals surface area contributed by atoms with E-state index in [2.05, 4.69) is 15.6 Å². The fourth-order valence-electron chi connectivity index (χ4n) is 3.00. The number of pyridine rings is 1. The molecule has 1 aromatic heterocycles. The van der Waals surface area contributed by atoms with E-state index in [1.54, 1.807) is 6.07 Å². The minimum absolute atomic E-state index is 0.183. The number of benzene rings is 1. The van der Waals surface area contributed by atoms with Crippen LogP contribution in [0, 0.1) is 6.92 Å². The third-order valence-electron chi connectivity index (χ3n) is 4.35. The molecule has 1 aromatic carbocycles. The van der Waals surface area contributed by atoms with Crippen molar-refractivity contribution in [2.75, 3.05) is 25.0 Å². The van der Waals surface area contributed by atoms with Gasteiger partial charge >= 0.3 is 6.03 Å². The highest BCUT2D eigenvalue weighted by Crippen LogP contribution is 2.12. The summed E-state index contributed by atoms with van der Waals surface area (Å²) in [6.45, 7) is 3.81. The van der Waals surface area contributed by atoms with E-state index in [1.807, 2.05) is 24.0 Å². The Morgan fingerprint density at radius 1 is 1.32 bits per heavy atom. The van der Waals surface area contributed by atoms with Gasteiger partial charge in [-0.05, 0) is 31.9 Å². The number of aryl methyl sites for hydroxylation is 1. The van der Waals surface area contributed by atoms with Crippen molar-refractivity contribution >= 4 is 28.5 Å². The van der Waals surface area contributed by atoms with Gasteiger partial charge in [-0.3, -0.25) is 9.59 Å². The number of urea groups is 1. The van der Waals surface area contributed by atoms with E-state index in [1.165, 1.54) is 6.20 Å². The molecule has 0 atom stereocenters. The first-order valence-corrected chi connectivity index (χ1v) is 8.49. The zero-order chi connectivity index (χ0) is 17.8. The summed E-state index contributed by atoms with van der Waals surface area (Å²) in [5, 5.41) is 5.85. The second kappa shape index (κ2) is 7.38. The molecule has 2 heterocycles. The molecular formula is C18H22N4O3. The van der Waals surface area contributed by atoms with Crippen molar-refractivity contribution in [2.45, 2.75) is 26.2 Å². The van der Waals surface area contributed by atoms with E-state index in [0.29, 0.717) is 31.3 Å². The molecule has 3 N–H and O–H groups in total. The number of carbonyl (C=O) groups excluding carboxylic acids is 2. The van der Waals surface area contributed by atoms with Crippen LogP contribution in [0.25, 0.3) is 10.9 Å². The molecule has 0 radical (unpaired) electrons. The van der Waals surface area contributed by atoms with Crippen LogP contribution in [0.2, 0.25) is 0 Å². The quantitative estimate of drug-likeness (QED) is 0.725. The van der Waals surface area contributed by atoms with E-state index in [-0.39, 0.29) is 17.0 Å². The molecule has 7 nitrogen and oxygen atoms in total. The van der Waals surface area contributed by atoms with Gasteiger partial charge in [0.15, 0.2) is 0 Å². The van der Waals surface area contributed by atoms with Crippen molar-refractivity contribution in [2.24, 2.45) is 0 Å². The van der Waals surface area contributed by atoms with Crippen LogP contribution in [0.3, 0.4) is 0 Å². The van der Waals surface area contributed by atoms with Gasteiger partial charge in [-0.1, -0.05) is 11.6 Å². The third kappa shape index (κ3) is 3.99. The number of likely N-dealkylation sites (tertiary alicyclic amines) is 1. The standard InChI is InChI=1S/C18H22N4O3/c1-12-5-6-14-13(10-12)17(24)15(11-20-14)21-18(25)19-7-3-9-22-8-2-4-16(22)23/h5-6,10-11H,2-4,7-9H2,1H3,(H,20,24)(H2,19,21,25). The largest absolute Gasteiger partial charge is 0.359 e. The number of aromatic nitrogens is 1. The Balaban J connectivity index is 1.54. The maximum absolute atomic E-state index is 12.4. The molecule has 3 amide bonds. The minimum Gasteiger partial charge on any atom is -0.359 e. The van der Waals surface area contributed by atoms with Crippen molar-refractivity contribution in [1.29, 1.82) is 0 Å². The zero-order valence-electron chi connectivity index (χ0n) is 14.2. The van der Waals surface area contributed by atoms with Gasteiger partial charge in [0.05, 0.1) is 0 Å².